The van der Waals surface area contributed by atoms with Crippen molar-refractivity contribution in [3.05, 3.63) is 35.9 Å². The van der Waals surface area contributed by atoms with Crippen LogP contribution in [0.25, 0.3) is 0 Å². The van der Waals surface area contributed by atoms with Crippen molar-refractivity contribution < 1.29 is 0 Å². The quantitative estimate of drug-likeness (QED) is 0.819. The third-order valence-corrected chi connectivity index (χ3v) is 4.75. The van der Waals surface area contributed by atoms with Crippen molar-refractivity contribution in [1.29, 1.82) is 0 Å². The van der Waals surface area contributed by atoms with E-state index in [1.807, 2.05) is 0 Å². The van der Waals surface area contributed by atoms with Crippen molar-refractivity contribution >= 4 is 0 Å². The summed E-state index contributed by atoms with van der Waals surface area (Å²) in [6.07, 6.45) is 6.93. The summed E-state index contributed by atoms with van der Waals surface area (Å²) in [5.41, 5.74) is 1.66. The molecule has 1 aliphatic rings. The number of nitrogens with one attached hydrogen (secondary N) is 1. The summed E-state index contributed by atoms with van der Waals surface area (Å²) in [4.78, 5) is 0. The summed E-state index contributed by atoms with van der Waals surface area (Å²) in [6.45, 7) is 8.10. The number of hydrogen-bond acceptors (Lipinski definition) is 1. The van der Waals surface area contributed by atoms with Crippen LogP contribution in [0.15, 0.2) is 30.3 Å². The molecule has 2 rings (SSSR count). The van der Waals surface area contributed by atoms with Crippen molar-refractivity contribution in [2.45, 2.75) is 64.3 Å². The van der Waals surface area contributed by atoms with Gasteiger partial charge in [-0.2, -0.15) is 0 Å². The second kappa shape index (κ2) is 6.56. The van der Waals surface area contributed by atoms with Gasteiger partial charge in [-0.25, -0.2) is 0 Å². The molecule has 1 saturated carbocycles. The summed E-state index contributed by atoms with van der Waals surface area (Å²) >= 11 is 0. The minimum atomic E-state index is 0.223. The maximum atomic E-state index is 3.82. The fraction of sp³-hybridized carbons (Fsp3) is 0.667. The van der Waals surface area contributed by atoms with Crippen LogP contribution in [-0.2, 0) is 5.41 Å². The molecule has 1 fully saturated rings. The molecule has 0 amide bonds. The summed E-state index contributed by atoms with van der Waals surface area (Å²) in [5, 5.41) is 3.82. The highest BCUT2D eigenvalue weighted by Gasteiger charge is 2.24. The first kappa shape index (κ1) is 14.6. The van der Waals surface area contributed by atoms with E-state index in [4.69, 9.17) is 0 Å². The van der Waals surface area contributed by atoms with Gasteiger partial charge in [0, 0.05) is 18.0 Å². The first-order valence-corrected chi connectivity index (χ1v) is 7.90. The van der Waals surface area contributed by atoms with E-state index in [9.17, 15) is 0 Å². The normalized spacial score (nSPS) is 24.4. The summed E-state index contributed by atoms with van der Waals surface area (Å²) in [6, 6.07) is 11.6. The molecular formula is C18H29N. The zero-order valence-electron chi connectivity index (χ0n) is 12.8. The van der Waals surface area contributed by atoms with Crippen molar-refractivity contribution in [1.82, 2.24) is 5.32 Å². The topological polar surface area (TPSA) is 12.0 Å². The van der Waals surface area contributed by atoms with Crippen molar-refractivity contribution in [3.63, 3.8) is 0 Å². The summed E-state index contributed by atoms with van der Waals surface area (Å²) in [7, 11) is 0. The molecule has 2 atom stereocenters. The zero-order chi connectivity index (χ0) is 13.7. The van der Waals surface area contributed by atoms with Gasteiger partial charge in [-0.15, -0.1) is 0 Å². The van der Waals surface area contributed by atoms with E-state index in [2.05, 4.69) is 56.4 Å². The predicted octanol–water partition coefficient (Wildman–Crippen LogP) is 4.52. The lowest BCUT2D eigenvalue weighted by atomic mass is 9.81. The van der Waals surface area contributed by atoms with Gasteiger partial charge in [0.05, 0.1) is 0 Å². The molecule has 0 bridgehead atoms. The second-order valence-corrected chi connectivity index (χ2v) is 6.77. The first-order chi connectivity index (χ1) is 9.12. The van der Waals surface area contributed by atoms with E-state index in [0.717, 1.165) is 18.5 Å². The Morgan fingerprint density at radius 3 is 2.58 bits per heavy atom. The molecule has 0 saturated heterocycles. The van der Waals surface area contributed by atoms with Crippen LogP contribution in [0.3, 0.4) is 0 Å². The number of benzene rings is 1. The lowest BCUT2D eigenvalue weighted by Crippen LogP contribution is -2.41. The molecule has 2 unspecified atom stereocenters. The molecule has 1 aromatic carbocycles. The van der Waals surface area contributed by atoms with Crippen molar-refractivity contribution in [3.8, 4) is 0 Å². The van der Waals surface area contributed by atoms with Gasteiger partial charge >= 0.3 is 0 Å². The Morgan fingerprint density at radius 1 is 1.16 bits per heavy atom. The molecule has 0 radical (unpaired) electrons. The fourth-order valence-electron chi connectivity index (χ4n) is 3.24. The Balaban J connectivity index is 1.87. The molecule has 1 nitrogen and oxygen atoms in total. The van der Waals surface area contributed by atoms with Crippen LogP contribution < -0.4 is 5.32 Å². The average Bonchev–Trinajstić information content (AvgIpc) is 2.46. The van der Waals surface area contributed by atoms with Crippen LogP contribution in [0, 0.1) is 5.92 Å². The summed E-state index contributed by atoms with van der Waals surface area (Å²) in [5.74, 6) is 0.950. The van der Waals surface area contributed by atoms with Gasteiger partial charge in [0.15, 0.2) is 0 Å². The van der Waals surface area contributed by atoms with Crippen molar-refractivity contribution in [2.24, 2.45) is 5.92 Å². The maximum Gasteiger partial charge on any atom is 0.00700 e. The van der Waals surface area contributed by atoms with Gasteiger partial charge in [-0.3, -0.25) is 0 Å². The number of hydrogen-bond donors (Lipinski definition) is 1. The highest BCUT2D eigenvalue weighted by molar-refractivity contribution is 5.23. The van der Waals surface area contributed by atoms with Crippen LogP contribution in [0.5, 0.6) is 0 Å². The van der Waals surface area contributed by atoms with Crippen LogP contribution >= 0.6 is 0 Å². The Bertz CT molecular complexity index is 369. The van der Waals surface area contributed by atoms with Gasteiger partial charge in [0.2, 0.25) is 0 Å². The van der Waals surface area contributed by atoms with Gasteiger partial charge in [-0.1, -0.05) is 70.4 Å². The monoisotopic (exact) mass is 259 g/mol. The summed E-state index contributed by atoms with van der Waals surface area (Å²) < 4.78 is 0. The zero-order valence-corrected chi connectivity index (χ0v) is 12.8. The third-order valence-electron chi connectivity index (χ3n) is 4.75. The van der Waals surface area contributed by atoms with Gasteiger partial charge in [-0.05, 0) is 24.3 Å². The van der Waals surface area contributed by atoms with E-state index in [1.54, 1.807) is 0 Å². The van der Waals surface area contributed by atoms with Gasteiger partial charge in [0.1, 0.15) is 0 Å². The lowest BCUT2D eigenvalue weighted by Gasteiger charge is -2.33. The Kier molecular flexibility index (Phi) is 5.04. The molecule has 0 heterocycles. The van der Waals surface area contributed by atoms with Crippen LogP contribution in [0.2, 0.25) is 0 Å². The van der Waals surface area contributed by atoms with Crippen LogP contribution in [0.1, 0.15) is 58.4 Å². The Morgan fingerprint density at radius 2 is 1.89 bits per heavy atom. The van der Waals surface area contributed by atoms with E-state index in [-0.39, 0.29) is 5.41 Å². The molecule has 1 aromatic rings. The molecule has 0 spiro atoms. The molecule has 1 N–H and O–H groups in total. The SMILES string of the molecule is CCC1CCCC(NCC(C)(C)c2ccccc2)C1. The van der Waals surface area contributed by atoms with E-state index in [1.165, 1.54) is 37.7 Å². The molecular weight excluding hydrogens is 230 g/mol. The molecule has 19 heavy (non-hydrogen) atoms. The minimum absolute atomic E-state index is 0.223. The average molecular weight is 259 g/mol. The standard InChI is InChI=1S/C18H29N/c1-4-15-9-8-12-17(13-15)19-14-18(2,3)16-10-6-5-7-11-16/h5-7,10-11,15,17,19H,4,8-9,12-14H2,1-3H3. The fourth-order valence-corrected chi connectivity index (χ4v) is 3.24. The molecule has 106 valence electrons. The third kappa shape index (κ3) is 4.07. The Hall–Kier alpha value is -0.820. The minimum Gasteiger partial charge on any atom is -0.313 e. The van der Waals surface area contributed by atoms with E-state index in [0.29, 0.717) is 0 Å². The van der Waals surface area contributed by atoms with E-state index >= 15 is 0 Å². The second-order valence-electron chi connectivity index (χ2n) is 6.77. The highest BCUT2D eigenvalue weighted by atomic mass is 14.9. The molecule has 0 aromatic heterocycles. The molecule has 0 aliphatic heterocycles. The Labute approximate surface area is 118 Å². The van der Waals surface area contributed by atoms with Crippen LogP contribution in [0.4, 0.5) is 0 Å². The smallest absolute Gasteiger partial charge is 0.00700 e. The lowest BCUT2D eigenvalue weighted by molar-refractivity contribution is 0.267. The predicted molar refractivity (Wildman–Crippen MR) is 83.5 cm³/mol. The van der Waals surface area contributed by atoms with E-state index < -0.39 is 0 Å². The first-order valence-electron chi connectivity index (χ1n) is 7.90. The highest BCUT2D eigenvalue weighted by Crippen LogP contribution is 2.28. The largest absolute Gasteiger partial charge is 0.313 e. The molecule has 1 heteroatoms. The maximum absolute atomic E-state index is 3.82. The number of rotatable bonds is 5. The molecule has 1 aliphatic carbocycles. The van der Waals surface area contributed by atoms with Gasteiger partial charge in [0.25, 0.3) is 0 Å². The van der Waals surface area contributed by atoms with Crippen LogP contribution in [-0.4, -0.2) is 12.6 Å². The van der Waals surface area contributed by atoms with Gasteiger partial charge < -0.3 is 5.32 Å². The van der Waals surface area contributed by atoms with Crippen molar-refractivity contribution in [2.75, 3.05) is 6.54 Å².